The van der Waals surface area contributed by atoms with Crippen LogP contribution in [0.1, 0.15) is 30.8 Å². The van der Waals surface area contributed by atoms with Crippen molar-refractivity contribution in [3.63, 3.8) is 0 Å². The van der Waals surface area contributed by atoms with Crippen molar-refractivity contribution in [1.29, 1.82) is 0 Å². The standard InChI is InChI=1S/C20H29N5O/c1-23-11-9-22-19(23)14-25-10-5-7-20(16-25)12-18(15-26-20)24(2)13-17-6-3-4-8-21-17/h3-4,6,8-9,11,18H,5,7,10,12-16H2,1-2H3/t18-,20-/m1/s1. The van der Waals surface area contributed by atoms with Gasteiger partial charge in [-0.2, -0.15) is 0 Å². The predicted molar refractivity (Wildman–Crippen MR) is 101 cm³/mol. The molecule has 4 rings (SSSR count). The third-order valence-corrected chi connectivity index (χ3v) is 5.85. The number of likely N-dealkylation sites (N-methyl/N-ethyl adjacent to an activating group) is 1. The maximum absolute atomic E-state index is 6.40. The topological polar surface area (TPSA) is 46.4 Å². The summed E-state index contributed by atoms with van der Waals surface area (Å²) in [6, 6.07) is 6.58. The highest BCUT2D eigenvalue weighted by Gasteiger charge is 2.44. The van der Waals surface area contributed by atoms with Crippen LogP contribution in [0.25, 0.3) is 0 Å². The molecule has 2 aliphatic heterocycles. The van der Waals surface area contributed by atoms with Crippen molar-refractivity contribution in [2.75, 3.05) is 26.7 Å². The van der Waals surface area contributed by atoms with E-state index in [1.54, 1.807) is 0 Å². The van der Waals surface area contributed by atoms with Gasteiger partial charge in [0.2, 0.25) is 0 Å². The van der Waals surface area contributed by atoms with Crippen LogP contribution in [0.2, 0.25) is 0 Å². The number of hydrogen-bond acceptors (Lipinski definition) is 5. The van der Waals surface area contributed by atoms with E-state index in [0.29, 0.717) is 6.04 Å². The molecule has 26 heavy (non-hydrogen) atoms. The highest BCUT2D eigenvalue weighted by atomic mass is 16.5. The van der Waals surface area contributed by atoms with E-state index in [9.17, 15) is 0 Å². The summed E-state index contributed by atoms with van der Waals surface area (Å²) in [5, 5.41) is 0. The van der Waals surface area contributed by atoms with Crippen LogP contribution in [0.5, 0.6) is 0 Å². The Morgan fingerprint density at radius 1 is 1.31 bits per heavy atom. The molecule has 140 valence electrons. The van der Waals surface area contributed by atoms with Gasteiger partial charge in [0.15, 0.2) is 0 Å². The second kappa shape index (κ2) is 7.47. The number of aryl methyl sites for hydroxylation is 1. The first-order valence-electron chi connectivity index (χ1n) is 9.56. The van der Waals surface area contributed by atoms with Crippen LogP contribution >= 0.6 is 0 Å². The van der Waals surface area contributed by atoms with Gasteiger partial charge in [0, 0.05) is 44.8 Å². The predicted octanol–water partition coefficient (Wildman–Crippen LogP) is 2.07. The quantitative estimate of drug-likeness (QED) is 0.822. The SMILES string of the molecule is CN(Cc1ccccn1)[C@H]1CO[C@]2(CCCN(Cc3nccn3C)C2)C1. The Morgan fingerprint density at radius 3 is 3.00 bits per heavy atom. The molecule has 2 aromatic rings. The monoisotopic (exact) mass is 355 g/mol. The number of pyridine rings is 1. The number of likely N-dealkylation sites (tertiary alicyclic amines) is 1. The first-order valence-corrected chi connectivity index (χ1v) is 9.56. The molecule has 0 amide bonds. The van der Waals surface area contributed by atoms with Crippen LogP contribution in [0.4, 0.5) is 0 Å². The summed E-state index contributed by atoms with van der Waals surface area (Å²) in [4.78, 5) is 13.8. The molecule has 0 aromatic carbocycles. The number of hydrogen-bond donors (Lipinski definition) is 0. The van der Waals surface area contributed by atoms with Gasteiger partial charge in [0.05, 0.1) is 24.4 Å². The fraction of sp³-hybridized carbons (Fsp3) is 0.600. The van der Waals surface area contributed by atoms with E-state index >= 15 is 0 Å². The van der Waals surface area contributed by atoms with Crippen LogP contribution in [0.15, 0.2) is 36.8 Å². The lowest BCUT2D eigenvalue weighted by atomic mass is 9.88. The van der Waals surface area contributed by atoms with Gasteiger partial charge in [-0.3, -0.25) is 14.8 Å². The van der Waals surface area contributed by atoms with Crippen molar-refractivity contribution in [3.8, 4) is 0 Å². The molecule has 0 N–H and O–H groups in total. The summed E-state index contributed by atoms with van der Waals surface area (Å²) < 4.78 is 8.51. The van der Waals surface area contributed by atoms with Crippen LogP contribution in [-0.2, 0) is 24.9 Å². The largest absolute Gasteiger partial charge is 0.372 e. The van der Waals surface area contributed by atoms with E-state index in [1.165, 1.54) is 6.42 Å². The molecule has 6 heteroatoms. The zero-order chi connectivity index (χ0) is 18.0. The van der Waals surface area contributed by atoms with Gasteiger partial charge in [-0.25, -0.2) is 4.98 Å². The van der Waals surface area contributed by atoms with E-state index in [1.807, 2.05) is 24.7 Å². The Hall–Kier alpha value is -1.76. The van der Waals surface area contributed by atoms with E-state index in [0.717, 1.165) is 57.1 Å². The van der Waals surface area contributed by atoms with E-state index < -0.39 is 0 Å². The second-order valence-electron chi connectivity index (χ2n) is 7.86. The molecular weight excluding hydrogens is 326 g/mol. The maximum atomic E-state index is 6.40. The number of nitrogens with zero attached hydrogens (tertiary/aromatic N) is 5. The van der Waals surface area contributed by atoms with Gasteiger partial charge in [-0.1, -0.05) is 6.07 Å². The smallest absolute Gasteiger partial charge is 0.122 e. The molecule has 2 atom stereocenters. The fourth-order valence-corrected chi connectivity index (χ4v) is 4.34. The minimum atomic E-state index is 0.00641. The normalized spacial score (nSPS) is 26.8. The number of rotatable bonds is 5. The van der Waals surface area contributed by atoms with Gasteiger partial charge in [0.25, 0.3) is 0 Å². The molecule has 2 aromatic heterocycles. The highest BCUT2D eigenvalue weighted by molar-refractivity contribution is 5.05. The second-order valence-corrected chi connectivity index (χ2v) is 7.86. The number of piperidine rings is 1. The number of ether oxygens (including phenoxy) is 1. The maximum Gasteiger partial charge on any atom is 0.122 e. The lowest BCUT2D eigenvalue weighted by Gasteiger charge is -2.39. The number of imidazole rings is 1. The lowest BCUT2D eigenvalue weighted by Crippen LogP contribution is -2.48. The molecule has 0 bridgehead atoms. The minimum Gasteiger partial charge on any atom is -0.372 e. The molecule has 2 saturated heterocycles. The first-order chi connectivity index (χ1) is 12.6. The minimum absolute atomic E-state index is 0.00641. The Kier molecular flexibility index (Phi) is 5.07. The van der Waals surface area contributed by atoms with Gasteiger partial charge in [-0.15, -0.1) is 0 Å². The molecule has 0 aliphatic carbocycles. The molecule has 4 heterocycles. The molecule has 2 fully saturated rings. The first kappa shape index (κ1) is 17.6. The van der Waals surface area contributed by atoms with Crippen molar-refractivity contribution in [3.05, 3.63) is 48.3 Å². The third-order valence-electron chi connectivity index (χ3n) is 5.85. The zero-order valence-corrected chi connectivity index (χ0v) is 15.8. The van der Waals surface area contributed by atoms with Crippen LogP contribution in [0, 0.1) is 0 Å². The summed E-state index contributed by atoms with van der Waals surface area (Å²) in [7, 11) is 4.26. The van der Waals surface area contributed by atoms with Crippen molar-refractivity contribution >= 4 is 0 Å². The lowest BCUT2D eigenvalue weighted by molar-refractivity contribution is -0.0543. The summed E-state index contributed by atoms with van der Waals surface area (Å²) in [5.74, 6) is 1.13. The summed E-state index contributed by atoms with van der Waals surface area (Å²) in [6.07, 6.45) is 9.23. The fourth-order valence-electron chi connectivity index (χ4n) is 4.34. The van der Waals surface area contributed by atoms with Crippen LogP contribution in [0.3, 0.4) is 0 Å². The molecule has 1 spiro atoms. The van der Waals surface area contributed by atoms with Crippen LogP contribution < -0.4 is 0 Å². The van der Waals surface area contributed by atoms with Crippen molar-refractivity contribution in [2.24, 2.45) is 7.05 Å². The molecule has 6 nitrogen and oxygen atoms in total. The van der Waals surface area contributed by atoms with E-state index in [-0.39, 0.29) is 5.60 Å². The van der Waals surface area contributed by atoms with Gasteiger partial charge in [-0.05, 0) is 45.0 Å². The van der Waals surface area contributed by atoms with Gasteiger partial charge < -0.3 is 9.30 Å². The molecule has 0 unspecified atom stereocenters. The zero-order valence-electron chi connectivity index (χ0n) is 15.8. The van der Waals surface area contributed by atoms with Crippen molar-refractivity contribution in [2.45, 2.75) is 44.0 Å². The number of aromatic nitrogens is 3. The van der Waals surface area contributed by atoms with Crippen LogP contribution in [-0.4, -0.2) is 62.7 Å². The Bertz CT molecular complexity index is 718. The molecule has 0 saturated carbocycles. The Labute approximate surface area is 155 Å². The van der Waals surface area contributed by atoms with Gasteiger partial charge >= 0.3 is 0 Å². The van der Waals surface area contributed by atoms with E-state index in [4.69, 9.17) is 4.74 Å². The summed E-state index contributed by atoms with van der Waals surface area (Å²) >= 11 is 0. The average molecular weight is 355 g/mol. The van der Waals surface area contributed by atoms with Gasteiger partial charge in [0.1, 0.15) is 5.82 Å². The third kappa shape index (κ3) is 3.82. The molecule has 2 aliphatic rings. The Morgan fingerprint density at radius 2 is 2.23 bits per heavy atom. The highest BCUT2D eigenvalue weighted by Crippen LogP contribution is 2.36. The van der Waals surface area contributed by atoms with E-state index in [2.05, 4.69) is 50.6 Å². The average Bonchev–Trinajstić information content (AvgIpc) is 3.23. The van der Waals surface area contributed by atoms with Crippen molar-refractivity contribution in [1.82, 2.24) is 24.3 Å². The molecular formula is C20H29N5O. The Balaban J connectivity index is 1.36. The summed E-state index contributed by atoms with van der Waals surface area (Å²) in [5.41, 5.74) is 1.13. The summed E-state index contributed by atoms with van der Waals surface area (Å²) in [6.45, 7) is 4.74. The molecule has 0 radical (unpaired) electrons. The van der Waals surface area contributed by atoms with Crippen molar-refractivity contribution < 1.29 is 4.74 Å².